The summed E-state index contributed by atoms with van der Waals surface area (Å²) in [6, 6.07) is 0. The normalized spacial score (nSPS) is 11.4. The van der Waals surface area contributed by atoms with Crippen molar-refractivity contribution < 1.29 is 14.6 Å². The van der Waals surface area contributed by atoms with Crippen molar-refractivity contribution in [3.8, 4) is 11.8 Å². The van der Waals surface area contributed by atoms with E-state index in [1.165, 1.54) is 6.33 Å². The Balaban J connectivity index is 2.74. The molecule has 6 nitrogen and oxygen atoms in total. The maximum absolute atomic E-state index is 9.59. The minimum atomic E-state index is -0.768. The van der Waals surface area contributed by atoms with Crippen LogP contribution >= 0.6 is 0 Å². The van der Waals surface area contributed by atoms with E-state index in [2.05, 4.69) is 15.3 Å². The molecule has 0 radical (unpaired) electrons. The summed E-state index contributed by atoms with van der Waals surface area (Å²) in [6.07, 6.45) is 1.39. The molecule has 0 saturated carbocycles. The first-order valence-corrected chi connectivity index (χ1v) is 5.33. The average Bonchev–Trinajstić information content (AvgIpc) is 2.27. The molecule has 6 heteroatoms. The quantitative estimate of drug-likeness (QED) is 0.748. The van der Waals surface area contributed by atoms with Gasteiger partial charge >= 0.3 is 0 Å². The lowest BCUT2D eigenvalue weighted by Crippen LogP contribution is -2.34. The topological polar surface area (TPSA) is 76.5 Å². The molecule has 1 aromatic rings. The van der Waals surface area contributed by atoms with Gasteiger partial charge in [-0.3, -0.25) is 0 Å². The summed E-state index contributed by atoms with van der Waals surface area (Å²) in [7, 11) is 3.09. The number of aromatic nitrogens is 2. The fraction of sp³-hybridized carbons (Fsp3) is 0.636. The molecule has 0 saturated heterocycles. The lowest BCUT2D eigenvalue weighted by Gasteiger charge is -2.18. The predicted molar refractivity (Wildman–Crippen MR) is 63.1 cm³/mol. The van der Waals surface area contributed by atoms with E-state index in [0.717, 1.165) is 5.56 Å². The zero-order valence-electron chi connectivity index (χ0n) is 10.6. The van der Waals surface area contributed by atoms with Gasteiger partial charge in [0.25, 0.3) is 0 Å². The van der Waals surface area contributed by atoms with E-state index in [1.54, 1.807) is 28.1 Å². The van der Waals surface area contributed by atoms with Crippen molar-refractivity contribution in [2.24, 2.45) is 0 Å². The van der Waals surface area contributed by atoms with Crippen molar-refractivity contribution in [3.63, 3.8) is 0 Å². The van der Waals surface area contributed by atoms with Gasteiger partial charge in [-0.1, -0.05) is 0 Å². The third-order valence-electron chi connectivity index (χ3n) is 2.11. The molecule has 1 rings (SSSR count). The minimum Gasteiger partial charge on any atom is -0.481 e. The molecule has 1 aromatic heterocycles. The Morgan fingerprint density at radius 3 is 2.18 bits per heavy atom. The van der Waals surface area contributed by atoms with E-state index in [-0.39, 0.29) is 0 Å². The summed E-state index contributed by atoms with van der Waals surface area (Å²) < 4.78 is 10.3. The number of aliphatic hydroxyl groups is 1. The molecule has 0 unspecified atom stereocenters. The van der Waals surface area contributed by atoms with Crippen molar-refractivity contribution >= 4 is 0 Å². The van der Waals surface area contributed by atoms with Crippen LogP contribution in [0, 0.1) is 0 Å². The molecular weight excluding hydrogens is 222 g/mol. The Hall–Kier alpha value is -1.40. The highest BCUT2D eigenvalue weighted by atomic mass is 16.5. The second kappa shape index (κ2) is 5.79. The Morgan fingerprint density at radius 2 is 1.76 bits per heavy atom. The van der Waals surface area contributed by atoms with E-state index in [1.807, 2.05) is 0 Å². The maximum Gasteiger partial charge on any atom is 0.224 e. The van der Waals surface area contributed by atoms with Crippen LogP contribution in [0.25, 0.3) is 0 Å². The van der Waals surface area contributed by atoms with Gasteiger partial charge < -0.3 is 19.9 Å². The Labute approximate surface area is 101 Å². The molecule has 0 aliphatic heterocycles. The number of hydrogen-bond donors (Lipinski definition) is 2. The van der Waals surface area contributed by atoms with Crippen LogP contribution < -0.4 is 14.8 Å². The van der Waals surface area contributed by atoms with Crippen molar-refractivity contribution in [2.45, 2.75) is 26.0 Å². The van der Waals surface area contributed by atoms with E-state index >= 15 is 0 Å². The van der Waals surface area contributed by atoms with Crippen molar-refractivity contribution in [2.75, 3.05) is 20.8 Å². The van der Waals surface area contributed by atoms with E-state index in [4.69, 9.17) is 9.47 Å². The number of hydrogen-bond acceptors (Lipinski definition) is 6. The second-order valence-corrected chi connectivity index (χ2v) is 4.29. The fourth-order valence-electron chi connectivity index (χ4n) is 1.38. The zero-order chi connectivity index (χ0) is 12.9. The predicted octanol–water partition coefficient (Wildman–Crippen LogP) is 0.354. The Morgan fingerprint density at radius 1 is 1.24 bits per heavy atom. The Kier molecular flexibility index (Phi) is 4.65. The first-order chi connectivity index (χ1) is 7.98. The molecule has 0 fully saturated rings. The molecule has 2 N–H and O–H groups in total. The highest BCUT2D eigenvalue weighted by Gasteiger charge is 2.15. The maximum atomic E-state index is 9.59. The molecule has 0 aliphatic carbocycles. The van der Waals surface area contributed by atoms with Gasteiger partial charge in [-0.2, -0.15) is 0 Å². The summed E-state index contributed by atoms with van der Waals surface area (Å²) >= 11 is 0. The smallest absolute Gasteiger partial charge is 0.224 e. The second-order valence-electron chi connectivity index (χ2n) is 4.29. The molecule has 0 aliphatic rings. The molecule has 0 bridgehead atoms. The summed E-state index contributed by atoms with van der Waals surface area (Å²) in [5.41, 5.74) is -0.0300. The third-order valence-corrected chi connectivity index (χ3v) is 2.11. The number of nitrogens with one attached hydrogen (secondary N) is 1. The minimum absolute atomic E-state index is 0.453. The lowest BCUT2D eigenvalue weighted by atomic mass is 10.1. The Bertz CT molecular complexity index is 341. The van der Waals surface area contributed by atoms with Gasteiger partial charge in [-0.05, 0) is 13.8 Å². The molecule has 1 heterocycles. The summed E-state index contributed by atoms with van der Waals surface area (Å²) in [4.78, 5) is 8.01. The van der Waals surface area contributed by atoms with Gasteiger partial charge in [-0.25, -0.2) is 9.97 Å². The number of nitrogens with zero attached hydrogens (tertiary/aromatic N) is 2. The molecular formula is C11H19N3O3. The first-order valence-electron chi connectivity index (χ1n) is 5.33. The monoisotopic (exact) mass is 241 g/mol. The number of ether oxygens (including phenoxy) is 2. The highest BCUT2D eigenvalue weighted by Crippen LogP contribution is 2.22. The van der Waals surface area contributed by atoms with E-state index < -0.39 is 5.60 Å². The van der Waals surface area contributed by atoms with Crippen LogP contribution in [-0.2, 0) is 6.54 Å². The van der Waals surface area contributed by atoms with Gasteiger partial charge in [0.05, 0.1) is 25.4 Å². The van der Waals surface area contributed by atoms with Crippen molar-refractivity contribution in [1.82, 2.24) is 15.3 Å². The van der Waals surface area contributed by atoms with Crippen molar-refractivity contribution in [3.05, 3.63) is 11.9 Å². The van der Waals surface area contributed by atoms with Crippen molar-refractivity contribution in [1.29, 1.82) is 0 Å². The first kappa shape index (κ1) is 13.7. The van der Waals surface area contributed by atoms with E-state index in [9.17, 15) is 5.11 Å². The largest absolute Gasteiger partial charge is 0.481 e. The fourth-order valence-corrected chi connectivity index (χ4v) is 1.38. The van der Waals surface area contributed by atoms with Crippen LogP contribution in [0.4, 0.5) is 0 Å². The zero-order valence-corrected chi connectivity index (χ0v) is 10.6. The number of rotatable bonds is 6. The molecule has 0 atom stereocenters. The number of methoxy groups -OCH3 is 2. The summed E-state index contributed by atoms with van der Waals surface area (Å²) in [5.74, 6) is 0.945. The average molecular weight is 241 g/mol. The molecule has 0 spiro atoms. The third kappa shape index (κ3) is 4.16. The molecule has 0 aromatic carbocycles. The van der Waals surface area contributed by atoms with Gasteiger partial charge in [0.1, 0.15) is 6.33 Å². The molecule has 96 valence electrons. The van der Waals surface area contributed by atoms with Crippen LogP contribution in [-0.4, -0.2) is 41.4 Å². The summed E-state index contributed by atoms with van der Waals surface area (Å²) in [5, 5.41) is 12.7. The van der Waals surface area contributed by atoms with Crippen LogP contribution in [0.3, 0.4) is 0 Å². The standard InChI is InChI=1S/C11H19N3O3/c1-11(2,15)6-12-5-8-9(16-3)13-7-14-10(8)17-4/h7,12,15H,5-6H2,1-4H3. The SMILES string of the molecule is COc1ncnc(OC)c1CNCC(C)(C)O. The van der Waals surface area contributed by atoms with Crippen LogP contribution in [0.5, 0.6) is 11.8 Å². The van der Waals surface area contributed by atoms with Gasteiger partial charge in [0.15, 0.2) is 0 Å². The van der Waals surface area contributed by atoms with E-state index in [0.29, 0.717) is 24.8 Å². The van der Waals surface area contributed by atoms with Crippen LogP contribution in [0.15, 0.2) is 6.33 Å². The molecule has 0 amide bonds. The summed E-state index contributed by atoms with van der Waals surface area (Å²) in [6.45, 7) is 4.39. The van der Waals surface area contributed by atoms with Gasteiger partial charge in [0.2, 0.25) is 11.8 Å². The van der Waals surface area contributed by atoms with Gasteiger partial charge in [-0.15, -0.1) is 0 Å². The van der Waals surface area contributed by atoms with Crippen LogP contribution in [0.2, 0.25) is 0 Å². The lowest BCUT2D eigenvalue weighted by molar-refractivity contribution is 0.0793. The van der Waals surface area contributed by atoms with Crippen LogP contribution in [0.1, 0.15) is 19.4 Å². The van der Waals surface area contributed by atoms with Gasteiger partial charge in [0, 0.05) is 13.1 Å². The molecule has 17 heavy (non-hydrogen) atoms. The highest BCUT2D eigenvalue weighted by molar-refractivity contribution is 5.34.